The maximum Gasteiger partial charge on any atom is 0.315 e. The fraction of sp³-hybridized carbons (Fsp3) is 0.588. The van der Waals surface area contributed by atoms with Gasteiger partial charge in [-0.1, -0.05) is 12.1 Å². The van der Waals surface area contributed by atoms with Gasteiger partial charge in [-0.3, -0.25) is 0 Å². The lowest BCUT2D eigenvalue weighted by Gasteiger charge is -2.33. The molecule has 5 heteroatoms. The third kappa shape index (κ3) is 4.91. The molecule has 1 saturated heterocycles. The van der Waals surface area contributed by atoms with E-state index in [1.54, 1.807) is 0 Å². The quantitative estimate of drug-likeness (QED) is 0.780. The van der Waals surface area contributed by atoms with Gasteiger partial charge in [0.05, 0.1) is 0 Å². The van der Waals surface area contributed by atoms with Gasteiger partial charge in [0.15, 0.2) is 0 Å². The van der Waals surface area contributed by atoms with Crippen molar-refractivity contribution in [2.75, 3.05) is 24.6 Å². The van der Waals surface area contributed by atoms with E-state index < -0.39 is 0 Å². The third-order valence-corrected chi connectivity index (χ3v) is 4.05. The zero-order chi connectivity index (χ0) is 15.9. The van der Waals surface area contributed by atoms with Crippen molar-refractivity contribution in [3.05, 3.63) is 29.8 Å². The van der Waals surface area contributed by atoms with Crippen molar-refractivity contribution in [2.24, 2.45) is 5.92 Å². The SMILES string of the molecule is CC(C)NC(=O)NCc1ccc(N2CCC(CO)CC2)cc1. The van der Waals surface area contributed by atoms with Gasteiger partial charge in [0.25, 0.3) is 0 Å². The zero-order valence-corrected chi connectivity index (χ0v) is 13.5. The van der Waals surface area contributed by atoms with Gasteiger partial charge in [0.1, 0.15) is 0 Å². The molecule has 0 aromatic heterocycles. The molecule has 1 aliphatic heterocycles. The number of carbonyl (C=O) groups is 1. The van der Waals surface area contributed by atoms with E-state index in [1.807, 2.05) is 13.8 Å². The van der Waals surface area contributed by atoms with Crippen LogP contribution in [0.2, 0.25) is 0 Å². The maximum absolute atomic E-state index is 11.5. The predicted octanol–water partition coefficient (Wildman–Crippen LogP) is 2.10. The van der Waals surface area contributed by atoms with E-state index in [9.17, 15) is 9.90 Å². The van der Waals surface area contributed by atoms with Crippen molar-refractivity contribution in [2.45, 2.75) is 39.3 Å². The Morgan fingerprint density at radius 1 is 1.27 bits per heavy atom. The molecular weight excluding hydrogens is 278 g/mol. The largest absolute Gasteiger partial charge is 0.396 e. The molecule has 22 heavy (non-hydrogen) atoms. The van der Waals surface area contributed by atoms with E-state index in [2.05, 4.69) is 39.8 Å². The topological polar surface area (TPSA) is 64.6 Å². The number of carbonyl (C=O) groups excluding carboxylic acids is 1. The molecule has 0 bridgehead atoms. The summed E-state index contributed by atoms with van der Waals surface area (Å²) in [4.78, 5) is 13.9. The molecule has 0 aliphatic carbocycles. The number of aliphatic hydroxyl groups is 1. The van der Waals surface area contributed by atoms with Crippen LogP contribution in [-0.2, 0) is 6.54 Å². The Balaban J connectivity index is 1.82. The highest BCUT2D eigenvalue weighted by atomic mass is 16.3. The highest BCUT2D eigenvalue weighted by molar-refractivity contribution is 5.74. The van der Waals surface area contributed by atoms with Crippen LogP contribution >= 0.6 is 0 Å². The van der Waals surface area contributed by atoms with Crippen LogP contribution in [0.1, 0.15) is 32.3 Å². The standard InChI is InChI=1S/C17H27N3O2/c1-13(2)19-17(22)18-11-14-3-5-16(6-4-14)20-9-7-15(12-21)8-10-20/h3-6,13,15,21H,7-12H2,1-2H3,(H2,18,19,22). The number of piperidine rings is 1. The van der Waals surface area contributed by atoms with Crippen LogP contribution < -0.4 is 15.5 Å². The average Bonchev–Trinajstić information content (AvgIpc) is 2.53. The Bertz CT molecular complexity index is 465. The molecule has 1 aliphatic rings. The van der Waals surface area contributed by atoms with Crippen LogP contribution in [-0.4, -0.2) is 36.9 Å². The van der Waals surface area contributed by atoms with Crippen LogP contribution in [0.4, 0.5) is 10.5 Å². The second kappa shape index (κ2) is 8.03. The van der Waals surface area contributed by atoms with Gasteiger partial charge < -0.3 is 20.6 Å². The van der Waals surface area contributed by atoms with E-state index >= 15 is 0 Å². The molecule has 0 radical (unpaired) electrons. The van der Waals surface area contributed by atoms with Crippen molar-refractivity contribution < 1.29 is 9.90 Å². The van der Waals surface area contributed by atoms with Crippen LogP contribution in [0.3, 0.4) is 0 Å². The van der Waals surface area contributed by atoms with Crippen LogP contribution in [0.5, 0.6) is 0 Å². The monoisotopic (exact) mass is 305 g/mol. The summed E-state index contributed by atoms with van der Waals surface area (Å²) in [6.45, 7) is 6.71. The molecule has 1 heterocycles. The summed E-state index contributed by atoms with van der Waals surface area (Å²) in [7, 11) is 0. The lowest BCUT2D eigenvalue weighted by atomic mass is 9.97. The molecule has 3 N–H and O–H groups in total. The molecule has 122 valence electrons. The molecule has 2 rings (SSSR count). The molecule has 0 saturated carbocycles. The van der Waals surface area contributed by atoms with E-state index in [0.29, 0.717) is 19.1 Å². The van der Waals surface area contributed by atoms with Crippen molar-refractivity contribution >= 4 is 11.7 Å². The lowest BCUT2D eigenvalue weighted by molar-refractivity contribution is 0.203. The molecule has 5 nitrogen and oxygen atoms in total. The summed E-state index contributed by atoms with van der Waals surface area (Å²) in [6, 6.07) is 8.34. The molecule has 1 aromatic carbocycles. The van der Waals surface area contributed by atoms with Gasteiger partial charge >= 0.3 is 6.03 Å². The highest BCUT2D eigenvalue weighted by Gasteiger charge is 2.18. The summed E-state index contributed by atoms with van der Waals surface area (Å²) in [5.41, 5.74) is 2.31. The minimum atomic E-state index is -0.134. The second-order valence-corrected chi connectivity index (χ2v) is 6.26. The number of nitrogens with one attached hydrogen (secondary N) is 2. The van der Waals surface area contributed by atoms with Crippen molar-refractivity contribution in [3.8, 4) is 0 Å². The number of nitrogens with zero attached hydrogens (tertiary/aromatic N) is 1. The number of hydrogen-bond donors (Lipinski definition) is 3. The first-order chi connectivity index (χ1) is 10.6. The number of amides is 2. The predicted molar refractivity (Wildman–Crippen MR) is 89.0 cm³/mol. The summed E-state index contributed by atoms with van der Waals surface area (Å²) in [6.07, 6.45) is 2.10. The Kier molecular flexibility index (Phi) is 6.07. The molecule has 0 spiro atoms. The Morgan fingerprint density at radius 3 is 2.45 bits per heavy atom. The molecule has 0 atom stereocenters. The Morgan fingerprint density at radius 2 is 1.91 bits per heavy atom. The van der Waals surface area contributed by atoms with Gasteiger partial charge in [-0.2, -0.15) is 0 Å². The van der Waals surface area contributed by atoms with Crippen molar-refractivity contribution in [1.29, 1.82) is 0 Å². The smallest absolute Gasteiger partial charge is 0.315 e. The fourth-order valence-corrected chi connectivity index (χ4v) is 2.69. The second-order valence-electron chi connectivity index (χ2n) is 6.26. The van der Waals surface area contributed by atoms with E-state index in [-0.39, 0.29) is 12.1 Å². The van der Waals surface area contributed by atoms with Crippen molar-refractivity contribution in [3.63, 3.8) is 0 Å². The first kappa shape index (κ1) is 16.6. The van der Waals surface area contributed by atoms with E-state index in [1.165, 1.54) is 5.69 Å². The van der Waals surface area contributed by atoms with Crippen LogP contribution in [0, 0.1) is 5.92 Å². The number of benzene rings is 1. The summed E-state index contributed by atoms with van der Waals surface area (Å²) in [5.74, 6) is 0.458. The summed E-state index contributed by atoms with van der Waals surface area (Å²) < 4.78 is 0. The molecule has 1 aromatic rings. The fourth-order valence-electron chi connectivity index (χ4n) is 2.69. The number of hydrogen-bond acceptors (Lipinski definition) is 3. The van der Waals surface area contributed by atoms with Gasteiger partial charge in [0.2, 0.25) is 0 Å². The molecule has 2 amide bonds. The number of rotatable bonds is 5. The van der Waals surface area contributed by atoms with Gasteiger partial charge in [-0.15, -0.1) is 0 Å². The minimum Gasteiger partial charge on any atom is -0.396 e. The molecule has 1 fully saturated rings. The van der Waals surface area contributed by atoms with Crippen LogP contribution in [0.15, 0.2) is 24.3 Å². The van der Waals surface area contributed by atoms with Gasteiger partial charge in [0, 0.05) is 38.0 Å². The maximum atomic E-state index is 11.5. The summed E-state index contributed by atoms with van der Waals surface area (Å²) >= 11 is 0. The molecular formula is C17H27N3O2. The van der Waals surface area contributed by atoms with Crippen LogP contribution in [0.25, 0.3) is 0 Å². The average molecular weight is 305 g/mol. The zero-order valence-electron chi connectivity index (χ0n) is 13.5. The summed E-state index contributed by atoms with van der Waals surface area (Å²) in [5, 5.41) is 14.8. The van der Waals surface area contributed by atoms with Gasteiger partial charge in [-0.05, 0) is 50.3 Å². The first-order valence-corrected chi connectivity index (χ1v) is 8.07. The normalized spacial score (nSPS) is 15.9. The lowest BCUT2D eigenvalue weighted by Crippen LogP contribution is -2.39. The number of aliphatic hydroxyl groups excluding tert-OH is 1. The highest BCUT2D eigenvalue weighted by Crippen LogP contribution is 2.23. The number of urea groups is 1. The van der Waals surface area contributed by atoms with E-state index in [4.69, 9.17) is 0 Å². The molecule has 0 unspecified atom stereocenters. The Labute approximate surface area is 132 Å². The number of anilines is 1. The minimum absolute atomic E-state index is 0.134. The van der Waals surface area contributed by atoms with Crippen molar-refractivity contribution in [1.82, 2.24) is 10.6 Å². The van der Waals surface area contributed by atoms with Gasteiger partial charge in [-0.25, -0.2) is 4.79 Å². The Hall–Kier alpha value is -1.75. The van der Waals surface area contributed by atoms with E-state index in [0.717, 1.165) is 31.5 Å². The third-order valence-electron chi connectivity index (χ3n) is 4.05. The first-order valence-electron chi connectivity index (χ1n) is 8.07.